The zero-order valence-corrected chi connectivity index (χ0v) is 10.5. The molecular weight excluding hydrogens is 216 g/mol. The van der Waals surface area contributed by atoms with E-state index in [9.17, 15) is 4.79 Å². The summed E-state index contributed by atoms with van der Waals surface area (Å²) in [6.45, 7) is 8.43. The largest absolute Gasteiger partial charge is 0.493 e. The van der Waals surface area contributed by atoms with E-state index in [1.807, 2.05) is 6.07 Å². The molecule has 0 saturated carbocycles. The summed E-state index contributed by atoms with van der Waals surface area (Å²) < 4.78 is 10.3. The Bertz CT molecular complexity index is 408. The van der Waals surface area contributed by atoms with Crippen molar-refractivity contribution in [2.75, 3.05) is 13.7 Å². The highest BCUT2D eigenvalue weighted by molar-refractivity contribution is 5.90. The average Bonchev–Trinajstić information content (AvgIpc) is 2.34. The van der Waals surface area contributed by atoms with E-state index in [1.54, 1.807) is 18.2 Å². The molecule has 0 unspecified atom stereocenters. The smallest absolute Gasteiger partial charge is 0.338 e. The summed E-state index contributed by atoms with van der Waals surface area (Å²) in [7, 11) is 1.36. The predicted octanol–water partition coefficient (Wildman–Crippen LogP) is 3.15. The number of rotatable bonds is 5. The highest BCUT2D eigenvalue weighted by Crippen LogP contribution is 2.19. The molecule has 1 aromatic carbocycles. The molecule has 0 radical (unpaired) electrons. The van der Waals surface area contributed by atoms with Gasteiger partial charge in [-0.1, -0.05) is 26.5 Å². The molecule has 17 heavy (non-hydrogen) atoms. The van der Waals surface area contributed by atoms with Gasteiger partial charge in [0.05, 0.1) is 19.3 Å². The Morgan fingerprint density at radius 2 is 2.12 bits per heavy atom. The van der Waals surface area contributed by atoms with Gasteiger partial charge in [-0.25, -0.2) is 4.79 Å². The van der Waals surface area contributed by atoms with Gasteiger partial charge in [0.15, 0.2) is 0 Å². The summed E-state index contributed by atoms with van der Waals surface area (Å²) in [4.78, 5) is 11.5. The lowest BCUT2D eigenvalue weighted by atomic mass is 10.1. The number of ether oxygens (including phenoxy) is 2. The molecule has 0 atom stereocenters. The van der Waals surface area contributed by atoms with Crippen molar-refractivity contribution in [2.24, 2.45) is 5.92 Å². The molecule has 0 saturated heterocycles. The van der Waals surface area contributed by atoms with E-state index in [2.05, 4.69) is 25.2 Å². The van der Waals surface area contributed by atoms with E-state index in [0.29, 0.717) is 23.8 Å². The van der Waals surface area contributed by atoms with Crippen LogP contribution in [0, 0.1) is 5.92 Å². The molecule has 1 aromatic rings. The van der Waals surface area contributed by atoms with E-state index in [-0.39, 0.29) is 5.97 Å². The van der Waals surface area contributed by atoms with Gasteiger partial charge in [-0.15, -0.1) is 0 Å². The molecule has 0 fully saturated rings. The predicted molar refractivity (Wildman–Crippen MR) is 68.2 cm³/mol. The zero-order valence-electron chi connectivity index (χ0n) is 10.5. The molecule has 3 heteroatoms. The Hall–Kier alpha value is -1.77. The molecular formula is C14H18O3. The lowest BCUT2D eigenvalue weighted by molar-refractivity contribution is 0.0600. The van der Waals surface area contributed by atoms with Gasteiger partial charge in [0, 0.05) is 0 Å². The molecule has 92 valence electrons. The van der Waals surface area contributed by atoms with Crippen molar-refractivity contribution in [1.82, 2.24) is 0 Å². The molecule has 0 aliphatic carbocycles. The van der Waals surface area contributed by atoms with E-state index < -0.39 is 0 Å². The first-order valence-corrected chi connectivity index (χ1v) is 5.55. The molecule has 1 rings (SSSR count). The summed E-state index contributed by atoms with van der Waals surface area (Å²) in [5, 5.41) is 0. The van der Waals surface area contributed by atoms with Crippen molar-refractivity contribution in [2.45, 2.75) is 13.8 Å². The minimum absolute atomic E-state index is 0.372. The number of methoxy groups -OCH3 is 1. The maximum Gasteiger partial charge on any atom is 0.338 e. The second kappa shape index (κ2) is 6.09. The van der Waals surface area contributed by atoms with Gasteiger partial charge in [0.2, 0.25) is 0 Å². The van der Waals surface area contributed by atoms with Crippen LogP contribution in [-0.4, -0.2) is 19.7 Å². The van der Waals surface area contributed by atoms with Crippen LogP contribution in [0.25, 0.3) is 6.08 Å². The summed E-state index contributed by atoms with van der Waals surface area (Å²) in [5.41, 5.74) is 1.32. The van der Waals surface area contributed by atoms with Gasteiger partial charge in [-0.3, -0.25) is 0 Å². The lowest BCUT2D eigenvalue weighted by Crippen LogP contribution is -2.06. The molecule has 3 nitrogen and oxygen atoms in total. The molecule has 0 aromatic heterocycles. The maximum atomic E-state index is 11.5. The molecule has 0 bridgehead atoms. The fourth-order valence-corrected chi connectivity index (χ4v) is 1.32. The standard InChI is InChI=1S/C14H18O3/c1-5-11-6-12(14(15)16-4)8-13(7-11)17-9-10(2)3/h5-8,10H,1,9H2,2-4H3. The highest BCUT2D eigenvalue weighted by Gasteiger charge is 2.08. The van der Waals surface area contributed by atoms with Crippen molar-refractivity contribution < 1.29 is 14.3 Å². The van der Waals surface area contributed by atoms with Crippen molar-refractivity contribution in [3.63, 3.8) is 0 Å². The second-order valence-electron chi connectivity index (χ2n) is 4.19. The number of hydrogen-bond donors (Lipinski definition) is 0. The van der Waals surface area contributed by atoms with E-state index in [1.165, 1.54) is 7.11 Å². The third-order valence-corrected chi connectivity index (χ3v) is 2.17. The topological polar surface area (TPSA) is 35.5 Å². The number of benzene rings is 1. The van der Waals surface area contributed by atoms with Crippen molar-refractivity contribution in [3.05, 3.63) is 35.9 Å². The monoisotopic (exact) mass is 234 g/mol. The van der Waals surface area contributed by atoms with Crippen LogP contribution >= 0.6 is 0 Å². The van der Waals surface area contributed by atoms with E-state index in [0.717, 1.165) is 5.56 Å². The number of esters is 1. The van der Waals surface area contributed by atoms with Crippen LogP contribution in [0.3, 0.4) is 0 Å². The van der Waals surface area contributed by atoms with Crippen LogP contribution in [0.4, 0.5) is 0 Å². The first kappa shape index (κ1) is 13.3. The summed E-state index contributed by atoms with van der Waals surface area (Å²) >= 11 is 0. The Balaban J connectivity index is 2.96. The lowest BCUT2D eigenvalue weighted by Gasteiger charge is -2.10. The van der Waals surface area contributed by atoms with Crippen LogP contribution in [0.15, 0.2) is 24.8 Å². The highest BCUT2D eigenvalue weighted by atomic mass is 16.5. The quantitative estimate of drug-likeness (QED) is 0.734. The zero-order chi connectivity index (χ0) is 12.8. The Kier molecular flexibility index (Phi) is 4.76. The van der Waals surface area contributed by atoms with Crippen LogP contribution in [-0.2, 0) is 4.74 Å². The number of carbonyl (C=O) groups excluding carboxylic acids is 1. The fourth-order valence-electron chi connectivity index (χ4n) is 1.32. The van der Waals surface area contributed by atoms with Crippen LogP contribution in [0.5, 0.6) is 5.75 Å². The fraction of sp³-hybridized carbons (Fsp3) is 0.357. The molecule has 0 amide bonds. The van der Waals surface area contributed by atoms with Crippen molar-refractivity contribution >= 4 is 12.0 Å². The average molecular weight is 234 g/mol. The van der Waals surface area contributed by atoms with E-state index >= 15 is 0 Å². The van der Waals surface area contributed by atoms with Gasteiger partial charge in [-0.2, -0.15) is 0 Å². The molecule has 0 aliphatic heterocycles. The van der Waals surface area contributed by atoms with E-state index in [4.69, 9.17) is 4.74 Å². The summed E-state index contributed by atoms with van der Waals surface area (Å²) in [6, 6.07) is 5.25. The Morgan fingerprint density at radius 1 is 1.41 bits per heavy atom. The molecule has 0 heterocycles. The summed E-state index contributed by atoms with van der Waals surface area (Å²) in [6.07, 6.45) is 1.68. The molecule has 0 spiro atoms. The third kappa shape index (κ3) is 3.94. The van der Waals surface area contributed by atoms with Crippen LogP contribution < -0.4 is 4.74 Å². The number of hydrogen-bond acceptors (Lipinski definition) is 3. The first-order valence-electron chi connectivity index (χ1n) is 5.55. The SMILES string of the molecule is C=Cc1cc(OCC(C)C)cc(C(=O)OC)c1. The summed E-state index contributed by atoms with van der Waals surface area (Å²) in [5.74, 6) is 0.726. The normalized spacial score (nSPS) is 10.1. The first-order chi connectivity index (χ1) is 8.06. The van der Waals surface area contributed by atoms with Gasteiger partial charge >= 0.3 is 5.97 Å². The minimum Gasteiger partial charge on any atom is -0.493 e. The van der Waals surface area contributed by atoms with Crippen molar-refractivity contribution in [3.8, 4) is 5.75 Å². The third-order valence-electron chi connectivity index (χ3n) is 2.17. The van der Waals surface area contributed by atoms with Gasteiger partial charge in [0.25, 0.3) is 0 Å². The van der Waals surface area contributed by atoms with Gasteiger partial charge in [-0.05, 0) is 29.7 Å². The van der Waals surface area contributed by atoms with Gasteiger partial charge in [0.1, 0.15) is 5.75 Å². The molecule has 0 aliphatic rings. The Morgan fingerprint density at radius 3 is 2.65 bits per heavy atom. The number of carbonyl (C=O) groups is 1. The second-order valence-corrected chi connectivity index (χ2v) is 4.19. The van der Waals surface area contributed by atoms with Crippen LogP contribution in [0.2, 0.25) is 0 Å². The van der Waals surface area contributed by atoms with Crippen molar-refractivity contribution in [1.29, 1.82) is 0 Å². The van der Waals surface area contributed by atoms with Crippen LogP contribution in [0.1, 0.15) is 29.8 Å². The van der Waals surface area contributed by atoms with Gasteiger partial charge < -0.3 is 9.47 Å². The minimum atomic E-state index is -0.372. The molecule has 0 N–H and O–H groups in total. The Labute approximate surface area is 102 Å². The maximum absolute atomic E-state index is 11.5.